The van der Waals surface area contributed by atoms with Crippen molar-refractivity contribution in [1.82, 2.24) is 4.98 Å². The molecule has 0 atom stereocenters. The Balaban J connectivity index is 2.09. The lowest BCUT2D eigenvalue weighted by Crippen LogP contribution is -2.09. The first kappa shape index (κ1) is 12.3. The number of hydrogen-bond donors (Lipinski definition) is 1. The maximum Gasteiger partial charge on any atom is 0.140 e. The normalized spacial score (nSPS) is 10.2. The number of halogens is 1. The third kappa shape index (κ3) is 3.15. The van der Waals surface area contributed by atoms with Gasteiger partial charge in [0.2, 0.25) is 0 Å². The number of rotatable bonds is 4. The minimum Gasteiger partial charge on any atom is -0.485 e. The summed E-state index contributed by atoms with van der Waals surface area (Å²) in [5.41, 5.74) is 6.24. The van der Waals surface area contributed by atoms with E-state index >= 15 is 0 Å². The second-order valence-electron chi connectivity index (χ2n) is 3.22. The summed E-state index contributed by atoms with van der Waals surface area (Å²) in [7, 11) is 0. The highest BCUT2D eigenvalue weighted by Crippen LogP contribution is 2.26. The minimum absolute atomic E-state index is 0.318. The van der Waals surface area contributed by atoms with Gasteiger partial charge in [0.05, 0.1) is 5.02 Å². The van der Waals surface area contributed by atoms with E-state index in [1.54, 1.807) is 24.4 Å². The van der Waals surface area contributed by atoms with Crippen LogP contribution in [-0.4, -0.2) is 9.97 Å². The van der Waals surface area contributed by atoms with Crippen LogP contribution in [0.25, 0.3) is 0 Å². The summed E-state index contributed by atoms with van der Waals surface area (Å²) in [6.45, 7) is 0.407. The molecule has 1 heterocycles. The Morgan fingerprint density at radius 3 is 2.94 bits per heavy atom. The summed E-state index contributed by atoms with van der Waals surface area (Å²) in [5, 5.41) is 3.29. The summed E-state index contributed by atoms with van der Waals surface area (Å²) in [5.74, 6) is 0.599. The molecule has 0 aliphatic heterocycles. The number of thiocarbonyl (C=S) groups is 1. The van der Waals surface area contributed by atoms with Gasteiger partial charge >= 0.3 is 0 Å². The van der Waals surface area contributed by atoms with E-state index in [1.165, 1.54) is 11.3 Å². The SMILES string of the molecule is NC(=S)c1ccc(OCc2nccs2)c(Cl)c1. The Morgan fingerprint density at radius 2 is 2.35 bits per heavy atom. The first-order valence-corrected chi connectivity index (χ1v) is 6.44. The lowest BCUT2D eigenvalue weighted by Gasteiger charge is -2.07. The Kier molecular flexibility index (Phi) is 3.93. The predicted octanol–water partition coefficient (Wildman–Crippen LogP) is 3.01. The molecule has 0 bridgehead atoms. The first-order valence-electron chi connectivity index (χ1n) is 4.77. The summed E-state index contributed by atoms with van der Waals surface area (Å²) >= 11 is 12.5. The van der Waals surface area contributed by atoms with Crippen molar-refractivity contribution in [2.24, 2.45) is 5.73 Å². The molecular formula is C11H9ClN2OS2. The lowest BCUT2D eigenvalue weighted by molar-refractivity contribution is 0.306. The number of hydrogen-bond acceptors (Lipinski definition) is 4. The molecule has 6 heteroatoms. The number of thiazole rings is 1. The molecule has 0 unspecified atom stereocenters. The molecule has 0 fully saturated rings. The second-order valence-corrected chi connectivity index (χ2v) is 5.05. The van der Waals surface area contributed by atoms with E-state index in [9.17, 15) is 0 Å². The van der Waals surface area contributed by atoms with Crippen LogP contribution in [0.5, 0.6) is 5.75 Å². The smallest absolute Gasteiger partial charge is 0.140 e. The topological polar surface area (TPSA) is 48.1 Å². The third-order valence-electron chi connectivity index (χ3n) is 2.05. The fourth-order valence-electron chi connectivity index (χ4n) is 1.23. The number of benzene rings is 1. The van der Waals surface area contributed by atoms with Gasteiger partial charge in [-0.3, -0.25) is 0 Å². The monoisotopic (exact) mass is 284 g/mol. The van der Waals surface area contributed by atoms with Gasteiger partial charge in [0, 0.05) is 17.1 Å². The molecule has 17 heavy (non-hydrogen) atoms. The van der Waals surface area contributed by atoms with Crippen LogP contribution in [0.2, 0.25) is 5.02 Å². The van der Waals surface area contributed by atoms with Crippen molar-refractivity contribution in [3.8, 4) is 5.75 Å². The number of nitrogens with zero attached hydrogens (tertiary/aromatic N) is 1. The van der Waals surface area contributed by atoms with Gasteiger partial charge in [-0.25, -0.2) is 4.98 Å². The third-order valence-corrected chi connectivity index (χ3v) is 3.34. The second kappa shape index (κ2) is 5.44. The van der Waals surface area contributed by atoms with Crippen LogP contribution < -0.4 is 10.5 Å². The van der Waals surface area contributed by atoms with Crippen LogP contribution in [-0.2, 0) is 6.61 Å². The molecule has 1 aromatic carbocycles. The number of ether oxygens (including phenoxy) is 1. The van der Waals surface area contributed by atoms with Crippen molar-refractivity contribution in [2.45, 2.75) is 6.61 Å². The van der Waals surface area contributed by atoms with Gasteiger partial charge in [0.25, 0.3) is 0 Å². The van der Waals surface area contributed by atoms with Gasteiger partial charge in [-0.05, 0) is 18.2 Å². The van der Waals surface area contributed by atoms with Crippen LogP contribution in [0.4, 0.5) is 0 Å². The zero-order chi connectivity index (χ0) is 12.3. The van der Waals surface area contributed by atoms with E-state index in [2.05, 4.69) is 4.98 Å². The average molecular weight is 285 g/mol. The van der Waals surface area contributed by atoms with Gasteiger partial charge < -0.3 is 10.5 Å². The maximum absolute atomic E-state index is 6.06. The molecule has 2 rings (SSSR count). The summed E-state index contributed by atoms with van der Waals surface area (Å²) in [6.07, 6.45) is 1.74. The molecule has 0 amide bonds. The Hall–Kier alpha value is -1.17. The van der Waals surface area contributed by atoms with Crippen molar-refractivity contribution < 1.29 is 4.74 Å². The molecule has 2 N–H and O–H groups in total. The Labute approximate surface area is 113 Å². The van der Waals surface area contributed by atoms with E-state index < -0.39 is 0 Å². The van der Waals surface area contributed by atoms with Crippen LogP contribution >= 0.6 is 35.2 Å². The van der Waals surface area contributed by atoms with Gasteiger partial charge in [0.1, 0.15) is 22.4 Å². The van der Waals surface area contributed by atoms with Crippen molar-refractivity contribution >= 4 is 40.1 Å². The summed E-state index contributed by atoms with van der Waals surface area (Å²) in [4.78, 5) is 4.43. The van der Waals surface area contributed by atoms with E-state index in [0.717, 1.165) is 10.6 Å². The fraction of sp³-hybridized carbons (Fsp3) is 0.0909. The van der Waals surface area contributed by atoms with Gasteiger partial charge in [-0.1, -0.05) is 23.8 Å². The molecular weight excluding hydrogens is 276 g/mol. The molecule has 0 aliphatic rings. The van der Waals surface area contributed by atoms with Crippen molar-refractivity contribution in [2.75, 3.05) is 0 Å². The Morgan fingerprint density at radius 1 is 1.53 bits per heavy atom. The highest BCUT2D eigenvalue weighted by molar-refractivity contribution is 7.80. The highest BCUT2D eigenvalue weighted by Gasteiger charge is 2.05. The summed E-state index contributed by atoms with van der Waals surface area (Å²) in [6, 6.07) is 5.23. The van der Waals surface area contributed by atoms with Gasteiger partial charge in [-0.15, -0.1) is 11.3 Å². The molecule has 0 aliphatic carbocycles. The van der Waals surface area contributed by atoms with Crippen LogP contribution in [0, 0.1) is 0 Å². The van der Waals surface area contributed by atoms with Crippen molar-refractivity contribution in [3.63, 3.8) is 0 Å². The molecule has 1 aromatic heterocycles. The number of aromatic nitrogens is 1. The van der Waals surface area contributed by atoms with E-state index in [0.29, 0.717) is 22.4 Å². The quantitative estimate of drug-likeness (QED) is 0.877. The molecule has 2 aromatic rings. The molecule has 0 saturated carbocycles. The van der Waals surface area contributed by atoms with E-state index in [4.69, 9.17) is 34.3 Å². The largest absolute Gasteiger partial charge is 0.485 e. The minimum atomic E-state index is 0.318. The van der Waals surface area contributed by atoms with Crippen LogP contribution in [0.15, 0.2) is 29.8 Å². The molecule has 88 valence electrons. The maximum atomic E-state index is 6.06. The zero-order valence-corrected chi connectivity index (χ0v) is 11.1. The van der Waals surface area contributed by atoms with Crippen LogP contribution in [0.1, 0.15) is 10.6 Å². The lowest BCUT2D eigenvalue weighted by atomic mass is 10.2. The average Bonchev–Trinajstić information content (AvgIpc) is 2.80. The van der Waals surface area contributed by atoms with E-state index in [-0.39, 0.29) is 0 Å². The number of nitrogens with two attached hydrogens (primary N) is 1. The van der Waals surface area contributed by atoms with Gasteiger partial charge in [-0.2, -0.15) is 0 Å². The van der Waals surface area contributed by atoms with Crippen molar-refractivity contribution in [3.05, 3.63) is 45.4 Å². The summed E-state index contributed by atoms with van der Waals surface area (Å²) < 4.78 is 5.55. The molecule has 0 radical (unpaired) electrons. The van der Waals surface area contributed by atoms with Gasteiger partial charge in [0.15, 0.2) is 0 Å². The standard InChI is InChI=1S/C11H9ClN2OS2/c12-8-5-7(11(13)16)1-2-9(8)15-6-10-14-3-4-17-10/h1-5H,6H2,(H2,13,16). The molecule has 3 nitrogen and oxygen atoms in total. The highest BCUT2D eigenvalue weighted by atomic mass is 35.5. The van der Waals surface area contributed by atoms with E-state index in [1.807, 2.05) is 5.38 Å². The first-order chi connectivity index (χ1) is 8.16. The molecule has 0 saturated heterocycles. The fourth-order valence-corrected chi connectivity index (χ4v) is 2.12. The Bertz CT molecular complexity index is 528. The molecule has 0 spiro atoms. The zero-order valence-electron chi connectivity index (χ0n) is 8.72. The predicted molar refractivity (Wildman–Crippen MR) is 73.8 cm³/mol. The van der Waals surface area contributed by atoms with Crippen molar-refractivity contribution in [1.29, 1.82) is 0 Å². The van der Waals surface area contributed by atoms with Crippen LogP contribution in [0.3, 0.4) is 0 Å².